The number of unbranched alkanes of at least 4 members (excludes halogenated alkanes) is 7. The molecular weight excluding hydrogens is 380 g/mol. The maximum absolute atomic E-state index is 5.89. The summed E-state index contributed by atoms with van der Waals surface area (Å²) >= 11 is 0. The van der Waals surface area contributed by atoms with Crippen LogP contribution in [0.4, 0.5) is 0 Å². The molecule has 0 radical (unpaired) electrons. The lowest BCUT2D eigenvalue weighted by Gasteiger charge is -2.08. The fourth-order valence-electron chi connectivity index (χ4n) is 3.65. The van der Waals surface area contributed by atoms with Gasteiger partial charge in [-0.25, -0.2) is 9.97 Å². The molecule has 0 spiro atoms. The van der Waals surface area contributed by atoms with E-state index in [0.29, 0.717) is 0 Å². The largest absolute Gasteiger partial charge is 0.494 e. The Balaban J connectivity index is 1.65. The molecule has 3 heteroatoms. The maximum Gasteiger partial charge on any atom is 0.159 e. The molecule has 1 heterocycles. The van der Waals surface area contributed by atoms with E-state index in [2.05, 4.69) is 42.5 Å². The predicted molar refractivity (Wildman–Crippen MR) is 132 cm³/mol. The average molecular weight is 423 g/mol. The first kappa shape index (κ1) is 25.1. The van der Waals surface area contributed by atoms with Gasteiger partial charge >= 0.3 is 0 Å². The highest BCUT2D eigenvalue weighted by Crippen LogP contribution is 2.20. The van der Waals surface area contributed by atoms with Gasteiger partial charge in [0.05, 0.1) is 6.61 Å². The van der Waals surface area contributed by atoms with Gasteiger partial charge in [0.25, 0.3) is 0 Å². The van der Waals surface area contributed by atoms with Crippen LogP contribution in [0.15, 0.2) is 49.3 Å². The number of benzene rings is 1. The molecule has 0 saturated carbocycles. The molecule has 2 aromatic rings. The van der Waals surface area contributed by atoms with Crippen molar-refractivity contribution in [3.8, 4) is 17.1 Å². The van der Waals surface area contributed by atoms with E-state index in [9.17, 15) is 0 Å². The van der Waals surface area contributed by atoms with Crippen molar-refractivity contribution >= 4 is 0 Å². The third-order valence-electron chi connectivity index (χ3n) is 6.00. The molecule has 1 aromatic heterocycles. The molecule has 0 aliphatic carbocycles. The second-order valence-corrected chi connectivity index (χ2v) is 8.75. The molecule has 0 saturated heterocycles. The Morgan fingerprint density at radius 3 is 2.26 bits per heavy atom. The Morgan fingerprint density at radius 1 is 0.903 bits per heavy atom. The third kappa shape index (κ3) is 10.6. The van der Waals surface area contributed by atoms with Gasteiger partial charge in [0, 0.05) is 18.0 Å². The zero-order valence-corrected chi connectivity index (χ0v) is 19.8. The van der Waals surface area contributed by atoms with E-state index in [1.54, 1.807) is 0 Å². The van der Waals surface area contributed by atoms with Crippen molar-refractivity contribution in [1.29, 1.82) is 0 Å². The molecule has 0 amide bonds. The van der Waals surface area contributed by atoms with Crippen molar-refractivity contribution in [2.45, 2.75) is 90.9 Å². The highest BCUT2D eigenvalue weighted by atomic mass is 16.5. The summed E-state index contributed by atoms with van der Waals surface area (Å²) in [6.07, 6.45) is 20.8. The minimum Gasteiger partial charge on any atom is -0.494 e. The smallest absolute Gasteiger partial charge is 0.159 e. The molecule has 1 aromatic carbocycles. The second-order valence-electron chi connectivity index (χ2n) is 8.75. The van der Waals surface area contributed by atoms with E-state index in [1.807, 2.05) is 30.6 Å². The summed E-state index contributed by atoms with van der Waals surface area (Å²) in [5.41, 5.74) is 2.27. The van der Waals surface area contributed by atoms with Gasteiger partial charge in [0.1, 0.15) is 5.75 Å². The first-order chi connectivity index (χ1) is 15.2. The number of rotatable bonds is 17. The monoisotopic (exact) mass is 422 g/mol. The first-order valence-electron chi connectivity index (χ1n) is 12.4. The lowest BCUT2D eigenvalue weighted by atomic mass is 10.00. The van der Waals surface area contributed by atoms with Crippen molar-refractivity contribution in [2.24, 2.45) is 5.92 Å². The van der Waals surface area contributed by atoms with E-state index in [-0.39, 0.29) is 0 Å². The fraction of sp³-hybridized carbons (Fsp3) is 0.571. The summed E-state index contributed by atoms with van der Waals surface area (Å²) in [6.45, 7) is 9.16. The van der Waals surface area contributed by atoms with E-state index in [1.165, 1.54) is 63.4 Å². The number of aromatic nitrogens is 2. The minimum absolute atomic E-state index is 0.784. The molecule has 1 unspecified atom stereocenters. The number of ether oxygens (including phenoxy) is 1. The van der Waals surface area contributed by atoms with Crippen LogP contribution in [-0.4, -0.2) is 16.6 Å². The van der Waals surface area contributed by atoms with Gasteiger partial charge in [0.2, 0.25) is 0 Å². The topological polar surface area (TPSA) is 35.0 Å². The van der Waals surface area contributed by atoms with E-state index >= 15 is 0 Å². The lowest BCUT2D eigenvalue weighted by molar-refractivity contribution is 0.304. The zero-order valence-electron chi connectivity index (χ0n) is 19.8. The highest BCUT2D eigenvalue weighted by Gasteiger charge is 2.04. The lowest BCUT2D eigenvalue weighted by Crippen LogP contribution is -1.98. The SMILES string of the molecule is C=CCCCCCCCCOc1ccc(-c2ncc(CCCCC(C)CC)cn2)cc1. The maximum atomic E-state index is 5.89. The van der Waals surface area contributed by atoms with Crippen LogP contribution in [0.3, 0.4) is 0 Å². The first-order valence-corrected chi connectivity index (χ1v) is 12.4. The number of nitrogens with zero attached hydrogens (tertiary/aromatic N) is 2. The molecule has 31 heavy (non-hydrogen) atoms. The molecule has 1 atom stereocenters. The number of allylic oxidation sites excluding steroid dienone is 1. The zero-order chi connectivity index (χ0) is 22.2. The quantitative estimate of drug-likeness (QED) is 0.190. The molecule has 170 valence electrons. The normalized spacial score (nSPS) is 11.9. The number of hydrogen-bond donors (Lipinski definition) is 0. The van der Waals surface area contributed by atoms with Crippen molar-refractivity contribution in [1.82, 2.24) is 9.97 Å². The molecular formula is C28H42N2O. The molecule has 3 nitrogen and oxygen atoms in total. The van der Waals surface area contributed by atoms with E-state index in [4.69, 9.17) is 4.74 Å². The van der Waals surface area contributed by atoms with E-state index < -0.39 is 0 Å². The Hall–Kier alpha value is -2.16. The van der Waals surface area contributed by atoms with Gasteiger partial charge in [-0.05, 0) is 67.9 Å². The predicted octanol–water partition coefficient (Wildman–Crippen LogP) is 8.20. The van der Waals surface area contributed by atoms with Crippen LogP contribution in [0, 0.1) is 5.92 Å². The van der Waals surface area contributed by atoms with Gasteiger partial charge < -0.3 is 4.74 Å². The van der Waals surface area contributed by atoms with Crippen molar-refractivity contribution in [3.05, 3.63) is 54.9 Å². The van der Waals surface area contributed by atoms with Gasteiger partial charge in [-0.15, -0.1) is 6.58 Å². The van der Waals surface area contributed by atoms with Crippen LogP contribution in [-0.2, 0) is 6.42 Å². The van der Waals surface area contributed by atoms with Crippen LogP contribution in [0.2, 0.25) is 0 Å². The van der Waals surface area contributed by atoms with Gasteiger partial charge in [-0.2, -0.15) is 0 Å². The summed E-state index contributed by atoms with van der Waals surface area (Å²) < 4.78 is 5.89. The Labute approximate surface area is 190 Å². The number of aryl methyl sites for hydroxylation is 1. The number of hydrogen-bond acceptors (Lipinski definition) is 3. The average Bonchev–Trinajstić information content (AvgIpc) is 2.81. The summed E-state index contributed by atoms with van der Waals surface area (Å²) in [4.78, 5) is 9.15. The second kappa shape index (κ2) is 15.6. The molecule has 2 rings (SSSR count). The minimum atomic E-state index is 0.784. The van der Waals surface area contributed by atoms with Gasteiger partial charge in [-0.3, -0.25) is 0 Å². The fourth-order valence-corrected chi connectivity index (χ4v) is 3.65. The summed E-state index contributed by atoms with van der Waals surface area (Å²) in [6, 6.07) is 8.15. The van der Waals surface area contributed by atoms with Crippen molar-refractivity contribution < 1.29 is 4.74 Å². The third-order valence-corrected chi connectivity index (χ3v) is 6.00. The van der Waals surface area contributed by atoms with E-state index in [0.717, 1.165) is 48.9 Å². The van der Waals surface area contributed by atoms with Crippen molar-refractivity contribution in [3.63, 3.8) is 0 Å². The molecule has 0 aliphatic rings. The Bertz CT molecular complexity index is 709. The van der Waals surface area contributed by atoms with Gasteiger partial charge in [0.15, 0.2) is 5.82 Å². The van der Waals surface area contributed by atoms with Crippen LogP contribution in [0.25, 0.3) is 11.4 Å². The van der Waals surface area contributed by atoms with Crippen molar-refractivity contribution in [2.75, 3.05) is 6.61 Å². The molecule has 0 aliphatic heterocycles. The standard InChI is InChI=1S/C28H42N2O/c1-4-6-7-8-9-10-11-14-21-31-27-19-17-26(18-20-27)28-29-22-25(23-30-28)16-13-12-15-24(3)5-2/h4,17-20,22-24H,1,5-16,21H2,2-3H3. The molecule has 0 fully saturated rings. The molecule has 0 bridgehead atoms. The summed E-state index contributed by atoms with van der Waals surface area (Å²) in [7, 11) is 0. The van der Waals surface area contributed by atoms with Crippen LogP contribution in [0.1, 0.15) is 90.0 Å². The summed E-state index contributed by atoms with van der Waals surface area (Å²) in [5.74, 6) is 2.54. The van der Waals surface area contributed by atoms with Crippen LogP contribution < -0.4 is 4.74 Å². The van der Waals surface area contributed by atoms with Crippen LogP contribution >= 0.6 is 0 Å². The molecule has 0 N–H and O–H groups in total. The Kier molecular flexibility index (Phi) is 12.6. The summed E-state index contributed by atoms with van der Waals surface area (Å²) in [5, 5.41) is 0. The Morgan fingerprint density at radius 2 is 1.58 bits per heavy atom. The van der Waals surface area contributed by atoms with Crippen LogP contribution in [0.5, 0.6) is 5.75 Å². The van der Waals surface area contributed by atoms with Gasteiger partial charge in [-0.1, -0.05) is 64.9 Å². The highest BCUT2D eigenvalue weighted by molar-refractivity contribution is 5.55.